The monoisotopic (exact) mass is 260 g/mol. The van der Waals surface area contributed by atoms with Gasteiger partial charge in [0.2, 0.25) is 5.91 Å². The van der Waals surface area contributed by atoms with Gasteiger partial charge < -0.3 is 15.0 Å². The predicted octanol–water partition coefficient (Wildman–Crippen LogP) is 2.38. The van der Waals surface area contributed by atoms with Crippen molar-refractivity contribution < 1.29 is 9.59 Å². The van der Waals surface area contributed by atoms with E-state index in [0.29, 0.717) is 12.8 Å². The van der Waals surface area contributed by atoms with E-state index in [2.05, 4.69) is 11.4 Å². The molecule has 0 aromatic heterocycles. The van der Waals surface area contributed by atoms with E-state index in [9.17, 15) is 9.59 Å². The van der Waals surface area contributed by atoms with Crippen molar-refractivity contribution in [1.29, 1.82) is 0 Å². The van der Waals surface area contributed by atoms with E-state index in [1.165, 1.54) is 5.56 Å². The van der Waals surface area contributed by atoms with Crippen LogP contribution < -0.4 is 10.2 Å². The quantitative estimate of drug-likeness (QED) is 0.827. The minimum Gasteiger partial charge on any atom is -0.385 e. The van der Waals surface area contributed by atoms with Crippen LogP contribution in [0.3, 0.4) is 0 Å². The minimum atomic E-state index is 0.176. The minimum absolute atomic E-state index is 0.176. The third-order valence-electron chi connectivity index (χ3n) is 3.46. The lowest BCUT2D eigenvalue weighted by Crippen LogP contribution is -2.31. The molecule has 0 fully saturated rings. The molecule has 1 heterocycles. The Kier molecular flexibility index (Phi) is 4.20. The van der Waals surface area contributed by atoms with E-state index in [0.717, 1.165) is 30.8 Å². The molecule has 0 saturated heterocycles. The molecule has 2 rings (SSSR count). The Labute approximate surface area is 113 Å². The van der Waals surface area contributed by atoms with Crippen molar-refractivity contribution >= 4 is 23.1 Å². The Balaban J connectivity index is 1.97. The number of rotatable bonds is 5. The highest BCUT2D eigenvalue weighted by Gasteiger charge is 2.20. The second-order valence-electron chi connectivity index (χ2n) is 5.03. The summed E-state index contributed by atoms with van der Waals surface area (Å²) >= 11 is 0. The highest BCUT2D eigenvalue weighted by atomic mass is 16.2. The van der Waals surface area contributed by atoms with Crippen LogP contribution in [0.25, 0.3) is 0 Å². The number of amides is 1. The van der Waals surface area contributed by atoms with Crippen molar-refractivity contribution in [3.05, 3.63) is 23.8 Å². The number of hydrogen-bond acceptors (Lipinski definition) is 3. The van der Waals surface area contributed by atoms with Crippen molar-refractivity contribution in [1.82, 2.24) is 0 Å². The highest BCUT2D eigenvalue weighted by molar-refractivity contribution is 5.96. The zero-order chi connectivity index (χ0) is 13.8. The number of fused-ring (bicyclic) bond motifs is 1. The molecular formula is C15H20N2O2. The molecule has 0 bridgehead atoms. The van der Waals surface area contributed by atoms with Crippen molar-refractivity contribution in [2.45, 2.75) is 32.6 Å². The normalized spacial score (nSPS) is 14.2. The molecule has 1 aromatic rings. The standard InChI is InChI=1S/C15H20N2O2/c1-11(18)4-3-9-16-13-6-7-14-12(10-13)5-8-15(19)17(14)2/h6-7,10,16H,3-5,8-9H2,1-2H3. The van der Waals surface area contributed by atoms with Crippen LogP contribution in [-0.2, 0) is 16.0 Å². The molecule has 4 nitrogen and oxygen atoms in total. The summed E-state index contributed by atoms with van der Waals surface area (Å²) in [7, 11) is 1.82. The molecule has 1 N–H and O–H groups in total. The zero-order valence-electron chi connectivity index (χ0n) is 11.5. The van der Waals surface area contributed by atoms with Gasteiger partial charge in [-0.15, -0.1) is 0 Å². The third kappa shape index (κ3) is 3.34. The number of nitrogens with zero attached hydrogens (tertiary/aromatic N) is 1. The molecule has 0 radical (unpaired) electrons. The van der Waals surface area contributed by atoms with Gasteiger partial charge in [-0.2, -0.15) is 0 Å². The lowest BCUT2D eigenvalue weighted by atomic mass is 10.0. The zero-order valence-corrected chi connectivity index (χ0v) is 11.5. The largest absolute Gasteiger partial charge is 0.385 e. The fourth-order valence-electron chi connectivity index (χ4n) is 2.34. The van der Waals surface area contributed by atoms with Crippen LogP contribution in [0.1, 0.15) is 31.7 Å². The highest BCUT2D eigenvalue weighted by Crippen LogP contribution is 2.29. The number of Topliss-reactive ketones (excluding diaryl/α,β-unsaturated/α-hetero) is 1. The molecule has 1 amide bonds. The summed E-state index contributed by atoms with van der Waals surface area (Å²) in [6.07, 6.45) is 2.86. The number of anilines is 2. The van der Waals surface area contributed by atoms with Crippen LogP contribution in [0.4, 0.5) is 11.4 Å². The second kappa shape index (κ2) is 5.87. The molecule has 0 saturated carbocycles. The van der Waals surface area contributed by atoms with Gasteiger partial charge in [-0.3, -0.25) is 4.79 Å². The van der Waals surface area contributed by atoms with Gasteiger partial charge in [0.25, 0.3) is 0 Å². The van der Waals surface area contributed by atoms with Crippen LogP contribution in [0, 0.1) is 0 Å². The van der Waals surface area contributed by atoms with Crippen molar-refractivity contribution in [3.63, 3.8) is 0 Å². The number of nitrogens with one attached hydrogen (secondary N) is 1. The average Bonchev–Trinajstić information content (AvgIpc) is 2.39. The number of carbonyl (C=O) groups is 2. The van der Waals surface area contributed by atoms with Gasteiger partial charge in [0, 0.05) is 37.8 Å². The van der Waals surface area contributed by atoms with E-state index >= 15 is 0 Å². The summed E-state index contributed by atoms with van der Waals surface area (Å²) in [5, 5.41) is 3.32. The number of ketones is 1. The molecule has 1 aliphatic rings. The summed E-state index contributed by atoms with van der Waals surface area (Å²) in [5.74, 6) is 0.405. The Morgan fingerprint density at radius 2 is 2.16 bits per heavy atom. The predicted molar refractivity (Wildman–Crippen MR) is 76.6 cm³/mol. The Morgan fingerprint density at radius 3 is 2.89 bits per heavy atom. The van der Waals surface area contributed by atoms with E-state index < -0.39 is 0 Å². The van der Waals surface area contributed by atoms with E-state index in [-0.39, 0.29) is 11.7 Å². The van der Waals surface area contributed by atoms with Crippen molar-refractivity contribution in [2.75, 3.05) is 23.8 Å². The molecule has 0 atom stereocenters. The maximum atomic E-state index is 11.6. The molecule has 0 spiro atoms. The fraction of sp³-hybridized carbons (Fsp3) is 0.467. The Bertz CT molecular complexity index is 497. The van der Waals surface area contributed by atoms with Gasteiger partial charge in [0.15, 0.2) is 0 Å². The molecule has 19 heavy (non-hydrogen) atoms. The van der Waals surface area contributed by atoms with Gasteiger partial charge in [-0.25, -0.2) is 0 Å². The SMILES string of the molecule is CC(=O)CCCNc1ccc2c(c1)CCC(=O)N2C. The third-order valence-corrected chi connectivity index (χ3v) is 3.46. The first kappa shape index (κ1) is 13.6. The number of hydrogen-bond donors (Lipinski definition) is 1. The summed E-state index contributed by atoms with van der Waals surface area (Å²) in [6, 6.07) is 6.08. The molecular weight excluding hydrogens is 240 g/mol. The molecule has 102 valence electrons. The number of carbonyl (C=O) groups excluding carboxylic acids is 2. The Morgan fingerprint density at radius 1 is 1.37 bits per heavy atom. The van der Waals surface area contributed by atoms with E-state index in [4.69, 9.17) is 0 Å². The maximum absolute atomic E-state index is 11.6. The number of aryl methyl sites for hydroxylation is 1. The smallest absolute Gasteiger partial charge is 0.227 e. The summed E-state index contributed by atoms with van der Waals surface area (Å²) in [6.45, 7) is 2.42. The van der Waals surface area contributed by atoms with E-state index in [1.807, 2.05) is 19.2 Å². The second-order valence-corrected chi connectivity index (χ2v) is 5.03. The van der Waals surface area contributed by atoms with Gasteiger partial charge in [0.05, 0.1) is 0 Å². The van der Waals surface area contributed by atoms with E-state index in [1.54, 1.807) is 11.8 Å². The summed E-state index contributed by atoms with van der Waals surface area (Å²) < 4.78 is 0. The van der Waals surface area contributed by atoms with Gasteiger partial charge in [-0.05, 0) is 43.5 Å². The first-order chi connectivity index (χ1) is 9.08. The first-order valence-corrected chi connectivity index (χ1v) is 6.70. The van der Waals surface area contributed by atoms with Crippen LogP contribution in [0.15, 0.2) is 18.2 Å². The summed E-state index contributed by atoms with van der Waals surface area (Å²) in [4.78, 5) is 24.2. The van der Waals surface area contributed by atoms with Crippen LogP contribution in [0.2, 0.25) is 0 Å². The van der Waals surface area contributed by atoms with Crippen LogP contribution >= 0.6 is 0 Å². The van der Waals surface area contributed by atoms with Gasteiger partial charge in [0.1, 0.15) is 5.78 Å². The van der Waals surface area contributed by atoms with Crippen molar-refractivity contribution in [2.24, 2.45) is 0 Å². The average molecular weight is 260 g/mol. The Hall–Kier alpha value is -1.84. The lowest BCUT2D eigenvalue weighted by Gasteiger charge is -2.26. The fourth-order valence-corrected chi connectivity index (χ4v) is 2.34. The number of benzene rings is 1. The molecule has 1 aliphatic heterocycles. The first-order valence-electron chi connectivity index (χ1n) is 6.70. The maximum Gasteiger partial charge on any atom is 0.227 e. The van der Waals surface area contributed by atoms with Gasteiger partial charge >= 0.3 is 0 Å². The topological polar surface area (TPSA) is 49.4 Å². The summed E-state index contributed by atoms with van der Waals surface area (Å²) in [5.41, 5.74) is 3.27. The van der Waals surface area contributed by atoms with Crippen LogP contribution in [-0.4, -0.2) is 25.3 Å². The van der Waals surface area contributed by atoms with Gasteiger partial charge in [-0.1, -0.05) is 0 Å². The van der Waals surface area contributed by atoms with Crippen molar-refractivity contribution in [3.8, 4) is 0 Å². The molecule has 0 aliphatic carbocycles. The van der Waals surface area contributed by atoms with Crippen LogP contribution in [0.5, 0.6) is 0 Å². The molecule has 0 unspecified atom stereocenters. The molecule has 1 aromatic carbocycles. The molecule has 4 heteroatoms. The lowest BCUT2D eigenvalue weighted by molar-refractivity contribution is -0.118.